The quantitative estimate of drug-likeness (QED) is 0.679. The summed E-state index contributed by atoms with van der Waals surface area (Å²) in [6.07, 6.45) is 6.49. The number of carbonyl (C=O) groups excluding carboxylic acids is 1. The van der Waals surface area contributed by atoms with Crippen LogP contribution in [-0.4, -0.2) is 38.9 Å². The van der Waals surface area contributed by atoms with Crippen molar-refractivity contribution in [3.63, 3.8) is 0 Å². The van der Waals surface area contributed by atoms with Crippen LogP contribution < -0.4 is 0 Å². The van der Waals surface area contributed by atoms with Gasteiger partial charge in [0, 0.05) is 5.41 Å². The van der Waals surface area contributed by atoms with E-state index in [0.29, 0.717) is 24.2 Å². The summed E-state index contributed by atoms with van der Waals surface area (Å²) in [5.74, 6) is 1.63. The predicted octanol–water partition coefficient (Wildman–Crippen LogP) is 2.68. The topological polar surface area (TPSA) is 77.8 Å². The molecule has 25 heavy (non-hydrogen) atoms. The maximum absolute atomic E-state index is 12.3. The zero-order chi connectivity index (χ0) is 18.2. The van der Waals surface area contributed by atoms with E-state index in [1.165, 1.54) is 6.92 Å². The molecule has 142 valence electrons. The standard InChI is InChI=1S/C21H34O4/c1-12(22)21(25)18(24)11-17-15-5-4-13-10-14(23)6-8-19(13,2)16(15)7-9-20(17,21)3/h13-18,23-25H,4-11H2,1-3H3/t13-,14?,15?,16?,17?,18+,19-,20-,21+/m0/s1. The van der Waals surface area contributed by atoms with Crippen LogP contribution in [0.15, 0.2) is 0 Å². The van der Waals surface area contributed by atoms with E-state index in [0.717, 1.165) is 44.9 Å². The molecule has 0 aromatic rings. The maximum Gasteiger partial charge on any atom is 0.164 e. The number of rotatable bonds is 1. The lowest BCUT2D eigenvalue weighted by Crippen LogP contribution is -2.60. The first kappa shape index (κ1) is 17.9. The van der Waals surface area contributed by atoms with Gasteiger partial charge in [0.1, 0.15) is 0 Å². The van der Waals surface area contributed by atoms with Crippen molar-refractivity contribution in [3.8, 4) is 0 Å². The Morgan fingerprint density at radius 3 is 2.36 bits per heavy atom. The van der Waals surface area contributed by atoms with Crippen molar-refractivity contribution < 1.29 is 20.1 Å². The van der Waals surface area contributed by atoms with Gasteiger partial charge in [-0.25, -0.2) is 0 Å². The van der Waals surface area contributed by atoms with E-state index in [1.54, 1.807) is 0 Å². The first-order valence-corrected chi connectivity index (χ1v) is 10.2. The highest BCUT2D eigenvalue weighted by Crippen LogP contribution is 2.68. The zero-order valence-electron chi connectivity index (χ0n) is 15.9. The van der Waals surface area contributed by atoms with Crippen LogP contribution >= 0.6 is 0 Å². The number of hydrogen-bond donors (Lipinski definition) is 3. The molecule has 0 heterocycles. The Morgan fingerprint density at radius 2 is 1.68 bits per heavy atom. The molecule has 4 aliphatic rings. The van der Waals surface area contributed by atoms with Gasteiger partial charge in [0.2, 0.25) is 0 Å². The van der Waals surface area contributed by atoms with E-state index in [2.05, 4.69) is 6.92 Å². The fourth-order valence-corrected chi connectivity index (χ4v) is 7.89. The lowest BCUT2D eigenvalue weighted by molar-refractivity contribution is -0.181. The molecule has 4 saturated carbocycles. The number of aliphatic hydroxyl groups excluding tert-OH is 2. The van der Waals surface area contributed by atoms with Crippen LogP contribution in [0.2, 0.25) is 0 Å². The van der Waals surface area contributed by atoms with Crippen molar-refractivity contribution in [1.82, 2.24) is 0 Å². The fraction of sp³-hybridized carbons (Fsp3) is 0.952. The molecule has 0 bridgehead atoms. The van der Waals surface area contributed by atoms with Crippen LogP contribution in [0.1, 0.15) is 72.1 Å². The minimum absolute atomic E-state index is 0.139. The van der Waals surface area contributed by atoms with Crippen LogP contribution in [0.5, 0.6) is 0 Å². The van der Waals surface area contributed by atoms with Crippen LogP contribution in [0.25, 0.3) is 0 Å². The van der Waals surface area contributed by atoms with Crippen LogP contribution in [-0.2, 0) is 4.79 Å². The van der Waals surface area contributed by atoms with Gasteiger partial charge in [0.25, 0.3) is 0 Å². The third kappa shape index (κ3) is 2.14. The van der Waals surface area contributed by atoms with Crippen LogP contribution in [0, 0.1) is 34.5 Å². The molecule has 0 aromatic heterocycles. The normalized spacial score (nSPS) is 58.2. The molecule has 9 atom stereocenters. The second kappa shape index (κ2) is 5.53. The first-order chi connectivity index (χ1) is 11.6. The Balaban J connectivity index is 1.67. The van der Waals surface area contributed by atoms with Gasteiger partial charge in [0.05, 0.1) is 12.2 Å². The molecule has 4 aliphatic carbocycles. The molecule has 4 heteroatoms. The SMILES string of the molecule is CC(=O)[C@@]1(O)[C@H](O)CC2C3CC[C@H]4CC(O)CC[C@]4(C)C3CC[C@@]21C. The number of aliphatic hydroxyl groups is 3. The lowest BCUT2D eigenvalue weighted by Gasteiger charge is -2.61. The minimum atomic E-state index is -1.58. The molecule has 0 radical (unpaired) electrons. The minimum Gasteiger partial charge on any atom is -0.393 e. The van der Waals surface area contributed by atoms with Gasteiger partial charge in [-0.3, -0.25) is 4.79 Å². The molecule has 0 spiro atoms. The van der Waals surface area contributed by atoms with Gasteiger partial charge >= 0.3 is 0 Å². The first-order valence-electron chi connectivity index (χ1n) is 10.2. The highest BCUT2D eigenvalue weighted by molar-refractivity contribution is 5.87. The third-order valence-corrected chi connectivity index (χ3v) is 9.39. The average Bonchev–Trinajstić information content (AvgIpc) is 2.77. The average molecular weight is 350 g/mol. The predicted molar refractivity (Wildman–Crippen MR) is 94.8 cm³/mol. The second-order valence-electron chi connectivity index (χ2n) is 10.1. The van der Waals surface area contributed by atoms with Crippen molar-refractivity contribution in [3.05, 3.63) is 0 Å². The van der Waals surface area contributed by atoms with Crippen molar-refractivity contribution >= 4 is 5.78 Å². The highest BCUT2D eigenvalue weighted by Gasteiger charge is 2.69. The van der Waals surface area contributed by atoms with E-state index in [4.69, 9.17) is 0 Å². The molecule has 4 unspecified atom stereocenters. The molecule has 3 N–H and O–H groups in total. The maximum atomic E-state index is 12.3. The summed E-state index contributed by atoms with van der Waals surface area (Å²) in [6, 6.07) is 0. The monoisotopic (exact) mass is 350 g/mol. The number of ketones is 1. The number of Topliss-reactive ketones (excluding diaryl/α,β-unsaturated/α-hetero) is 1. The van der Waals surface area contributed by atoms with E-state index in [-0.39, 0.29) is 23.2 Å². The summed E-state index contributed by atoms with van der Waals surface area (Å²) in [4.78, 5) is 12.3. The van der Waals surface area contributed by atoms with Gasteiger partial charge in [-0.05, 0) is 87.4 Å². The summed E-state index contributed by atoms with van der Waals surface area (Å²) in [7, 11) is 0. The lowest BCUT2D eigenvalue weighted by atomic mass is 9.44. The molecule has 0 saturated heterocycles. The summed E-state index contributed by atoms with van der Waals surface area (Å²) >= 11 is 0. The Morgan fingerprint density at radius 1 is 0.960 bits per heavy atom. The zero-order valence-corrected chi connectivity index (χ0v) is 15.9. The molecular formula is C21H34O4. The van der Waals surface area contributed by atoms with Crippen molar-refractivity contribution in [2.45, 2.75) is 89.9 Å². The van der Waals surface area contributed by atoms with Crippen LogP contribution in [0.3, 0.4) is 0 Å². The fourth-order valence-electron chi connectivity index (χ4n) is 7.89. The van der Waals surface area contributed by atoms with Gasteiger partial charge in [0.15, 0.2) is 11.4 Å². The Labute approximate surface area is 151 Å². The smallest absolute Gasteiger partial charge is 0.164 e. The van der Waals surface area contributed by atoms with E-state index in [9.17, 15) is 20.1 Å². The van der Waals surface area contributed by atoms with Gasteiger partial charge in [-0.15, -0.1) is 0 Å². The molecule has 0 amide bonds. The van der Waals surface area contributed by atoms with E-state index in [1.807, 2.05) is 6.92 Å². The van der Waals surface area contributed by atoms with Crippen LogP contribution in [0.4, 0.5) is 0 Å². The van der Waals surface area contributed by atoms with Crippen molar-refractivity contribution in [1.29, 1.82) is 0 Å². The molecule has 4 nitrogen and oxygen atoms in total. The number of fused-ring (bicyclic) bond motifs is 5. The summed E-state index contributed by atoms with van der Waals surface area (Å²) in [5, 5.41) is 31.9. The van der Waals surface area contributed by atoms with Gasteiger partial charge in [-0.1, -0.05) is 13.8 Å². The summed E-state index contributed by atoms with van der Waals surface area (Å²) in [5.41, 5.74) is -1.81. The molecular weight excluding hydrogens is 316 g/mol. The van der Waals surface area contributed by atoms with Crippen molar-refractivity contribution in [2.24, 2.45) is 34.5 Å². The molecule has 0 aliphatic heterocycles. The molecule has 4 rings (SSSR count). The summed E-state index contributed by atoms with van der Waals surface area (Å²) < 4.78 is 0. The highest BCUT2D eigenvalue weighted by atomic mass is 16.4. The van der Waals surface area contributed by atoms with E-state index >= 15 is 0 Å². The van der Waals surface area contributed by atoms with E-state index < -0.39 is 17.1 Å². The summed E-state index contributed by atoms with van der Waals surface area (Å²) in [6.45, 7) is 5.90. The molecule has 0 aromatic carbocycles. The Kier molecular flexibility index (Phi) is 3.97. The van der Waals surface area contributed by atoms with Crippen molar-refractivity contribution in [2.75, 3.05) is 0 Å². The number of hydrogen-bond acceptors (Lipinski definition) is 4. The number of carbonyl (C=O) groups is 1. The third-order valence-electron chi connectivity index (χ3n) is 9.39. The van der Waals surface area contributed by atoms with Gasteiger partial charge in [-0.2, -0.15) is 0 Å². The Hall–Kier alpha value is -0.450. The Bertz CT molecular complexity index is 576. The molecule has 4 fully saturated rings. The largest absolute Gasteiger partial charge is 0.393 e. The second-order valence-corrected chi connectivity index (χ2v) is 10.1. The van der Waals surface area contributed by atoms with Gasteiger partial charge < -0.3 is 15.3 Å².